The average molecular weight is 302 g/mol. The fraction of sp³-hybridized carbons (Fsp3) is 0.333. The lowest BCUT2D eigenvalue weighted by Gasteiger charge is -2.19. The summed E-state index contributed by atoms with van der Waals surface area (Å²) in [6.07, 6.45) is 1.07. The molecule has 0 unspecified atom stereocenters. The lowest BCUT2D eigenvalue weighted by atomic mass is 10.2. The zero-order valence-corrected chi connectivity index (χ0v) is 12.8. The third-order valence-corrected chi connectivity index (χ3v) is 2.92. The van der Waals surface area contributed by atoms with E-state index in [9.17, 15) is 10.1 Å². The quantitative estimate of drug-likeness (QED) is 0.603. The second-order valence-corrected chi connectivity index (χ2v) is 5.12. The first-order valence-electron chi connectivity index (χ1n) is 6.90. The van der Waals surface area contributed by atoms with Crippen LogP contribution < -0.4 is 9.64 Å². The number of hydrogen-bond acceptors (Lipinski definition) is 6. The van der Waals surface area contributed by atoms with Gasteiger partial charge in [-0.15, -0.1) is 0 Å². The first-order chi connectivity index (χ1) is 10.5. The molecule has 0 saturated carbocycles. The summed E-state index contributed by atoms with van der Waals surface area (Å²) in [4.78, 5) is 20.6. The Bertz CT molecular complexity index is 646. The van der Waals surface area contributed by atoms with E-state index in [1.165, 1.54) is 6.33 Å². The maximum Gasteiger partial charge on any atom is 0.372 e. The molecule has 7 nitrogen and oxygen atoms in total. The summed E-state index contributed by atoms with van der Waals surface area (Å²) in [5, 5.41) is 11.4. The van der Waals surface area contributed by atoms with E-state index in [0.717, 1.165) is 5.56 Å². The molecule has 0 saturated heterocycles. The van der Waals surface area contributed by atoms with E-state index in [1.54, 1.807) is 25.8 Å². The van der Waals surface area contributed by atoms with Gasteiger partial charge in [-0.25, -0.2) is 4.98 Å². The highest BCUT2D eigenvalue weighted by Crippen LogP contribution is 2.33. The summed E-state index contributed by atoms with van der Waals surface area (Å²) in [6.45, 7) is 4.08. The smallest absolute Gasteiger partial charge is 0.372 e. The molecule has 0 aliphatic carbocycles. The van der Waals surface area contributed by atoms with Gasteiger partial charge in [-0.3, -0.25) is 10.1 Å². The molecule has 2 aromatic rings. The van der Waals surface area contributed by atoms with E-state index in [1.807, 2.05) is 30.3 Å². The molecular weight excluding hydrogens is 284 g/mol. The first-order valence-corrected chi connectivity index (χ1v) is 6.90. The predicted octanol–water partition coefficient (Wildman–Crippen LogP) is 2.81. The van der Waals surface area contributed by atoms with Crippen LogP contribution in [0.1, 0.15) is 19.4 Å². The molecule has 0 atom stereocenters. The highest BCUT2D eigenvalue weighted by Gasteiger charge is 2.27. The van der Waals surface area contributed by atoms with Crippen LogP contribution in [0, 0.1) is 10.1 Å². The molecule has 0 fully saturated rings. The molecule has 7 heteroatoms. The molecule has 116 valence electrons. The molecule has 0 aliphatic heterocycles. The second-order valence-electron chi connectivity index (χ2n) is 5.12. The molecule has 0 bridgehead atoms. The monoisotopic (exact) mass is 302 g/mol. The van der Waals surface area contributed by atoms with Gasteiger partial charge >= 0.3 is 5.69 Å². The number of rotatable bonds is 6. The highest BCUT2D eigenvalue weighted by atomic mass is 16.6. The minimum Gasteiger partial charge on any atom is -0.470 e. The number of benzene rings is 1. The van der Waals surface area contributed by atoms with Crippen molar-refractivity contribution < 1.29 is 9.66 Å². The number of hydrogen-bond donors (Lipinski definition) is 0. The topological polar surface area (TPSA) is 81.4 Å². The van der Waals surface area contributed by atoms with Gasteiger partial charge in [0.2, 0.25) is 5.82 Å². The van der Waals surface area contributed by atoms with Crippen LogP contribution in [0.2, 0.25) is 0 Å². The summed E-state index contributed by atoms with van der Waals surface area (Å²) in [6, 6.07) is 9.67. The van der Waals surface area contributed by atoms with Crippen molar-refractivity contribution in [3.05, 3.63) is 52.3 Å². The van der Waals surface area contributed by atoms with E-state index in [4.69, 9.17) is 4.74 Å². The molecule has 0 N–H and O–H groups in total. The molecular formula is C15H18N4O3. The standard InChI is InChI=1S/C15H18N4O3/c1-11(2)22-15-13(19(20)21)14(16-10-17-15)18(3)9-12-7-5-4-6-8-12/h4-8,10-11H,9H2,1-3H3. The van der Waals surface area contributed by atoms with Crippen LogP contribution in [0.25, 0.3) is 0 Å². The van der Waals surface area contributed by atoms with Crippen LogP contribution in [-0.2, 0) is 6.54 Å². The Labute approximate surface area is 128 Å². The minimum atomic E-state index is -0.505. The van der Waals surface area contributed by atoms with E-state index in [-0.39, 0.29) is 23.5 Å². The van der Waals surface area contributed by atoms with Gasteiger partial charge in [0.25, 0.3) is 5.88 Å². The maximum absolute atomic E-state index is 11.4. The lowest BCUT2D eigenvalue weighted by Crippen LogP contribution is -2.20. The second kappa shape index (κ2) is 6.84. The fourth-order valence-corrected chi connectivity index (χ4v) is 2.03. The van der Waals surface area contributed by atoms with Gasteiger partial charge in [0.15, 0.2) is 0 Å². The number of nitrogens with zero attached hydrogens (tertiary/aromatic N) is 4. The van der Waals surface area contributed by atoms with Gasteiger partial charge in [0.1, 0.15) is 6.33 Å². The van der Waals surface area contributed by atoms with Crippen LogP contribution in [0.5, 0.6) is 5.88 Å². The van der Waals surface area contributed by atoms with Crippen LogP contribution in [0.4, 0.5) is 11.5 Å². The lowest BCUT2D eigenvalue weighted by molar-refractivity contribution is -0.385. The Kier molecular flexibility index (Phi) is 4.88. The Morgan fingerprint density at radius 2 is 1.95 bits per heavy atom. The SMILES string of the molecule is CC(C)Oc1ncnc(N(C)Cc2ccccc2)c1[N+](=O)[O-]. The van der Waals surface area contributed by atoms with Crippen LogP contribution in [-0.4, -0.2) is 28.0 Å². The molecule has 1 aromatic heterocycles. The van der Waals surface area contributed by atoms with Crippen molar-refractivity contribution in [2.24, 2.45) is 0 Å². The summed E-state index contributed by atoms with van der Waals surface area (Å²) in [7, 11) is 1.75. The van der Waals surface area contributed by atoms with E-state index in [2.05, 4.69) is 9.97 Å². The molecule has 1 heterocycles. The summed E-state index contributed by atoms with van der Waals surface area (Å²) >= 11 is 0. The van der Waals surface area contributed by atoms with E-state index < -0.39 is 4.92 Å². The Morgan fingerprint density at radius 3 is 2.55 bits per heavy atom. The Morgan fingerprint density at radius 1 is 1.27 bits per heavy atom. The fourth-order valence-electron chi connectivity index (χ4n) is 2.03. The van der Waals surface area contributed by atoms with Crippen molar-refractivity contribution in [1.29, 1.82) is 0 Å². The van der Waals surface area contributed by atoms with Gasteiger partial charge in [-0.05, 0) is 19.4 Å². The van der Waals surface area contributed by atoms with Crippen LogP contribution in [0.15, 0.2) is 36.7 Å². The third-order valence-electron chi connectivity index (χ3n) is 2.92. The van der Waals surface area contributed by atoms with Crippen molar-refractivity contribution in [3.8, 4) is 5.88 Å². The molecule has 0 radical (unpaired) electrons. The van der Waals surface area contributed by atoms with Gasteiger partial charge in [0, 0.05) is 13.6 Å². The van der Waals surface area contributed by atoms with E-state index >= 15 is 0 Å². The van der Waals surface area contributed by atoms with Crippen molar-refractivity contribution in [1.82, 2.24) is 9.97 Å². The zero-order valence-electron chi connectivity index (χ0n) is 12.8. The van der Waals surface area contributed by atoms with Crippen LogP contribution >= 0.6 is 0 Å². The van der Waals surface area contributed by atoms with Crippen LogP contribution in [0.3, 0.4) is 0 Å². The first kappa shape index (κ1) is 15.7. The number of aromatic nitrogens is 2. The Hall–Kier alpha value is -2.70. The number of nitro groups is 1. The highest BCUT2D eigenvalue weighted by molar-refractivity contribution is 5.62. The summed E-state index contributed by atoms with van der Waals surface area (Å²) in [5.74, 6) is 0.226. The molecule has 22 heavy (non-hydrogen) atoms. The summed E-state index contributed by atoms with van der Waals surface area (Å²) < 4.78 is 5.43. The van der Waals surface area contributed by atoms with Gasteiger partial charge in [0.05, 0.1) is 11.0 Å². The number of ether oxygens (including phenoxy) is 1. The minimum absolute atomic E-state index is 0.00934. The molecule has 0 aliphatic rings. The maximum atomic E-state index is 11.4. The predicted molar refractivity (Wildman–Crippen MR) is 83.0 cm³/mol. The molecule has 2 rings (SSSR count). The van der Waals surface area contributed by atoms with Gasteiger partial charge in [-0.2, -0.15) is 4.98 Å². The largest absolute Gasteiger partial charge is 0.470 e. The molecule has 1 aromatic carbocycles. The Balaban J connectivity index is 2.35. The average Bonchev–Trinajstić information content (AvgIpc) is 2.47. The van der Waals surface area contributed by atoms with Crippen molar-refractivity contribution >= 4 is 11.5 Å². The van der Waals surface area contributed by atoms with Crippen molar-refractivity contribution in [3.63, 3.8) is 0 Å². The number of anilines is 1. The summed E-state index contributed by atoms with van der Waals surface area (Å²) in [5.41, 5.74) is 0.818. The van der Waals surface area contributed by atoms with Gasteiger partial charge < -0.3 is 9.64 Å². The van der Waals surface area contributed by atoms with Crippen molar-refractivity contribution in [2.75, 3.05) is 11.9 Å². The molecule has 0 amide bonds. The van der Waals surface area contributed by atoms with Crippen molar-refractivity contribution in [2.45, 2.75) is 26.5 Å². The molecule has 0 spiro atoms. The van der Waals surface area contributed by atoms with Gasteiger partial charge in [-0.1, -0.05) is 30.3 Å². The zero-order chi connectivity index (χ0) is 16.1. The third kappa shape index (κ3) is 3.69. The van der Waals surface area contributed by atoms with E-state index in [0.29, 0.717) is 6.54 Å². The normalized spacial score (nSPS) is 10.5.